The summed E-state index contributed by atoms with van der Waals surface area (Å²) in [6.45, 7) is 1.26. The van der Waals surface area contributed by atoms with Crippen LogP contribution in [0, 0.1) is 12.3 Å². The number of rotatable bonds is 4. The third kappa shape index (κ3) is 2.71. The third-order valence-corrected chi connectivity index (χ3v) is 3.18. The maximum absolute atomic E-state index is 5.79. The van der Waals surface area contributed by atoms with Gasteiger partial charge < -0.3 is 10.5 Å². The van der Waals surface area contributed by atoms with Crippen LogP contribution in [0.1, 0.15) is 25.7 Å². The summed E-state index contributed by atoms with van der Waals surface area (Å²) in [6.07, 6.45) is 9.91. The smallest absolute Gasteiger partial charge is 0.0578 e. The lowest BCUT2D eigenvalue weighted by atomic mass is 9.80. The number of hydrogen-bond acceptors (Lipinski definition) is 3. The molecule has 0 atom stereocenters. The molecule has 0 amide bonds. The van der Waals surface area contributed by atoms with E-state index in [2.05, 4.69) is 11.2 Å². The lowest BCUT2D eigenvalue weighted by Gasteiger charge is -2.39. The van der Waals surface area contributed by atoms with Crippen LogP contribution < -0.4 is 11.1 Å². The van der Waals surface area contributed by atoms with Crippen LogP contribution >= 0.6 is 0 Å². The van der Waals surface area contributed by atoms with Crippen LogP contribution in [-0.2, 0) is 4.74 Å². The minimum Gasteiger partial charge on any atom is -0.381 e. The summed E-state index contributed by atoms with van der Waals surface area (Å²) in [5.41, 5.74) is 5.85. The second kappa shape index (κ2) is 5.35. The summed E-state index contributed by atoms with van der Waals surface area (Å²) in [5, 5.41) is 3.36. The number of nitrogens with two attached hydrogens (primary N) is 1. The molecule has 1 saturated carbocycles. The van der Waals surface area contributed by atoms with Gasteiger partial charge in [-0.3, -0.25) is 5.32 Å². The summed E-state index contributed by atoms with van der Waals surface area (Å²) < 4.78 is 5.32. The van der Waals surface area contributed by atoms with Gasteiger partial charge in [-0.05, 0) is 25.7 Å². The van der Waals surface area contributed by atoms with Gasteiger partial charge in [-0.25, -0.2) is 0 Å². The van der Waals surface area contributed by atoms with E-state index in [1.54, 1.807) is 7.11 Å². The van der Waals surface area contributed by atoms with E-state index in [1.807, 2.05) is 0 Å². The van der Waals surface area contributed by atoms with Crippen LogP contribution in [0.4, 0.5) is 0 Å². The predicted molar refractivity (Wildman–Crippen MR) is 57.9 cm³/mol. The van der Waals surface area contributed by atoms with Crippen molar-refractivity contribution in [2.45, 2.75) is 37.3 Å². The second-order valence-corrected chi connectivity index (χ2v) is 3.98. The van der Waals surface area contributed by atoms with Gasteiger partial charge in [0.1, 0.15) is 0 Å². The molecule has 0 aromatic carbocycles. The molecular weight excluding hydrogens is 176 g/mol. The molecule has 3 N–H and O–H groups in total. The van der Waals surface area contributed by atoms with Crippen molar-refractivity contribution in [3.8, 4) is 12.3 Å². The summed E-state index contributed by atoms with van der Waals surface area (Å²) >= 11 is 0. The normalized spacial score (nSPS) is 32.5. The third-order valence-electron chi connectivity index (χ3n) is 3.18. The highest BCUT2D eigenvalue weighted by Gasteiger charge is 2.33. The van der Waals surface area contributed by atoms with Gasteiger partial charge in [0.25, 0.3) is 0 Å². The van der Waals surface area contributed by atoms with E-state index in [-0.39, 0.29) is 5.54 Å². The number of ether oxygens (including phenoxy) is 1. The summed E-state index contributed by atoms with van der Waals surface area (Å²) in [6, 6.07) is 0. The zero-order valence-electron chi connectivity index (χ0n) is 8.88. The van der Waals surface area contributed by atoms with Crippen LogP contribution in [0.3, 0.4) is 0 Å². The number of methoxy groups -OCH3 is 1. The van der Waals surface area contributed by atoms with Gasteiger partial charge in [-0.1, -0.05) is 5.92 Å². The monoisotopic (exact) mass is 196 g/mol. The SMILES string of the molecule is C#CCNC1(CN)CCC(OC)CC1. The highest BCUT2D eigenvalue weighted by Crippen LogP contribution is 2.28. The topological polar surface area (TPSA) is 47.3 Å². The Hall–Kier alpha value is -0.560. The molecule has 3 nitrogen and oxygen atoms in total. The van der Waals surface area contributed by atoms with Crippen molar-refractivity contribution in [3.05, 3.63) is 0 Å². The zero-order chi connectivity index (χ0) is 10.4. The van der Waals surface area contributed by atoms with Crippen molar-refractivity contribution in [1.82, 2.24) is 5.32 Å². The van der Waals surface area contributed by atoms with Crippen molar-refractivity contribution in [2.75, 3.05) is 20.2 Å². The number of terminal acetylenes is 1. The molecule has 0 unspecified atom stereocenters. The van der Waals surface area contributed by atoms with Crippen molar-refractivity contribution in [1.29, 1.82) is 0 Å². The number of nitrogens with one attached hydrogen (secondary N) is 1. The maximum Gasteiger partial charge on any atom is 0.0578 e. The molecule has 0 aromatic heterocycles. The Bertz CT molecular complexity index is 202. The first kappa shape index (κ1) is 11.5. The molecule has 1 fully saturated rings. The molecule has 0 aromatic rings. The molecule has 1 aliphatic rings. The lowest BCUT2D eigenvalue weighted by molar-refractivity contribution is 0.0442. The Morgan fingerprint density at radius 1 is 1.57 bits per heavy atom. The summed E-state index contributed by atoms with van der Waals surface area (Å²) in [5.74, 6) is 2.60. The van der Waals surface area contributed by atoms with Crippen LogP contribution in [-0.4, -0.2) is 31.8 Å². The molecule has 3 heteroatoms. The van der Waals surface area contributed by atoms with Crippen LogP contribution in [0.25, 0.3) is 0 Å². The molecule has 0 spiro atoms. The quantitative estimate of drug-likeness (QED) is 0.644. The van der Waals surface area contributed by atoms with Gasteiger partial charge in [0, 0.05) is 19.2 Å². The van der Waals surface area contributed by atoms with Gasteiger partial charge in [0.2, 0.25) is 0 Å². The fraction of sp³-hybridized carbons (Fsp3) is 0.818. The van der Waals surface area contributed by atoms with Crippen LogP contribution in [0.5, 0.6) is 0 Å². The Labute approximate surface area is 86.4 Å². The molecule has 80 valence electrons. The van der Waals surface area contributed by atoms with E-state index in [0.29, 0.717) is 19.2 Å². The maximum atomic E-state index is 5.79. The standard InChI is InChI=1S/C11H20N2O/c1-3-8-13-11(9-12)6-4-10(14-2)5-7-11/h1,10,13H,4-9,12H2,2H3. The van der Waals surface area contributed by atoms with Crippen LogP contribution in [0.15, 0.2) is 0 Å². The van der Waals surface area contributed by atoms with Gasteiger partial charge >= 0.3 is 0 Å². The van der Waals surface area contributed by atoms with Gasteiger partial charge in [-0.2, -0.15) is 0 Å². The predicted octanol–water partition coefficient (Wildman–Crippen LogP) is 0.496. The molecule has 1 rings (SSSR count). The van der Waals surface area contributed by atoms with E-state index < -0.39 is 0 Å². The average Bonchev–Trinajstić information content (AvgIpc) is 2.27. The fourth-order valence-electron chi connectivity index (χ4n) is 2.07. The lowest BCUT2D eigenvalue weighted by Crippen LogP contribution is -2.54. The van der Waals surface area contributed by atoms with Crippen LogP contribution in [0.2, 0.25) is 0 Å². The first-order valence-corrected chi connectivity index (χ1v) is 5.18. The first-order valence-electron chi connectivity index (χ1n) is 5.18. The van der Waals surface area contributed by atoms with E-state index in [0.717, 1.165) is 25.7 Å². The van der Waals surface area contributed by atoms with Crippen molar-refractivity contribution < 1.29 is 4.74 Å². The first-order chi connectivity index (χ1) is 6.76. The van der Waals surface area contributed by atoms with Crippen molar-refractivity contribution in [3.63, 3.8) is 0 Å². The van der Waals surface area contributed by atoms with E-state index in [9.17, 15) is 0 Å². The molecule has 0 radical (unpaired) electrons. The van der Waals surface area contributed by atoms with Gasteiger partial charge in [-0.15, -0.1) is 6.42 Å². The van der Waals surface area contributed by atoms with E-state index >= 15 is 0 Å². The Kier molecular flexibility index (Phi) is 4.40. The molecule has 14 heavy (non-hydrogen) atoms. The number of hydrogen-bond donors (Lipinski definition) is 2. The van der Waals surface area contributed by atoms with Gasteiger partial charge in [0.15, 0.2) is 0 Å². The largest absolute Gasteiger partial charge is 0.381 e. The molecule has 1 aliphatic carbocycles. The Balaban J connectivity index is 2.44. The van der Waals surface area contributed by atoms with Gasteiger partial charge in [0.05, 0.1) is 12.6 Å². The van der Waals surface area contributed by atoms with Crippen molar-refractivity contribution in [2.24, 2.45) is 5.73 Å². The molecule has 0 bridgehead atoms. The highest BCUT2D eigenvalue weighted by atomic mass is 16.5. The Morgan fingerprint density at radius 3 is 2.64 bits per heavy atom. The second-order valence-electron chi connectivity index (χ2n) is 3.98. The highest BCUT2D eigenvalue weighted by molar-refractivity contribution is 4.98. The van der Waals surface area contributed by atoms with E-state index in [4.69, 9.17) is 16.9 Å². The fourth-order valence-corrected chi connectivity index (χ4v) is 2.07. The molecular formula is C11H20N2O. The van der Waals surface area contributed by atoms with Crippen molar-refractivity contribution >= 4 is 0 Å². The minimum absolute atomic E-state index is 0.0569. The molecule has 0 heterocycles. The van der Waals surface area contributed by atoms with E-state index in [1.165, 1.54) is 0 Å². The summed E-state index contributed by atoms with van der Waals surface area (Å²) in [4.78, 5) is 0. The molecule has 0 aliphatic heterocycles. The zero-order valence-corrected chi connectivity index (χ0v) is 8.88. The molecule has 0 saturated heterocycles. The summed E-state index contributed by atoms with van der Waals surface area (Å²) in [7, 11) is 1.77. The Morgan fingerprint density at radius 2 is 2.21 bits per heavy atom. The average molecular weight is 196 g/mol. The minimum atomic E-state index is 0.0569.